The number of nitrogens with zero attached hydrogens (tertiary/aromatic N) is 1. The Bertz CT molecular complexity index is 1690. The lowest BCUT2D eigenvalue weighted by molar-refractivity contribution is -0.134. The number of imide groups is 1. The molecule has 38 heavy (non-hydrogen) atoms. The summed E-state index contributed by atoms with van der Waals surface area (Å²) in [5.74, 6) is -2.01. The molecule has 4 aromatic carbocycles. The van der Waals surface area contributed by atoms with E-state index in [2.05, 4.69) is 0 Å². The van der Waals surface area contributed by atoms with Crippen LogP contribution >= 0.6 is 0 Å². The summed E-state index contributed by atoms with van der Waals surface area (Å²) in [4.78, 5) is 44.5. The van der Waals surface area contributed by atoms with Crippen molar-refractivity contribution in [3.63, 3.8) is 0 Å². The highest BCUT2D eigenvalue weighted by Gasteiger charge is 2.79. The highest BCUT2D eigenvalue weighted by Crippen LogP contribution is 2.74. The molecule has 2 aliphatic carbocycles. The summed E-state index contributed by atoms with van der Waals surface area (Å²) in [5.41, 5.74) is 2.06. The van der Waals surface area contributed by atoms with Gasteiger partial charge in [0, 0.05) is 0 Å². The summed E-state index contributed by atoms with van der Waals surface area (Å²) in [5, 5.41) is 2.01. The van der Waals surface area contributed by atoms with Crippen LogP contribution in [0.4, 0.5) is 5.69 Å². The number of Topliss-reactive ketones (excluding diaryl/α,β-unsaturated/α-hetero) is 1. The van der Waals surface area contributed by atoms with Crippen LogP contribution in [0.25, 0.3) is 21.9 Å². The largest absolute Gasteiger partial charge is 0.298 e. The van der Waals surface area contributed by atoms with E-state index in [0.29, 0.717) is 12.1 Å². The Morgan fingerprint density at radius 3 is 1.84 bits per heavy atom. The Kier molecular flexibility index (Phi) is 4.72. The molecule has 4 unspecified atom stereocenters. The van der Waals surface area contributed by atoms with Crippen LogP contribution in [0.5, 0.6) is 0 Å². The number of amides is 2. The highest BCUT2D eigenvalue weighted by atomic mass is 16.2. The van der Waals surface area contributed by atoms with Gasteiger partial charge in [-0.2, -0.15) is 0 Å². The van der Waals surface area contributed by atoms with Gasteiger partial charge in [-0.1, -0.05) is 97.9 Å². The van der Waals surface area contributed by atoms with Crippen molar-refractivity contribution >= 4 is 45.2 Å². The number of benzene rings is 4. The molecule has 3 aliphatic rings. The summed E-state index contributed by atoms with van der Waals surface area (Å²) >= 11 is 0. The first kappa shape index (κ1) is 22.9. The molecule has 4 nitrogen and oxygen atoms in total. The van der Waals surface area contributed by atoms with Crippen LogP contribution in [0, 0.1) is 22.7 Å². The standard InChI is InChI=1S/C34H27NO3/c1-3-34-27(23-15-8-5-9-16-23)26(22-13-6-4-7-14-22)33(2,32(34)38)28-29(34)31(37)35(30(28)36)25-19-18-21-12-10-11-17-24(21)20-25/h4-20,28-29H,3H2,1-2H3. The van der Waals surface area contributed by atoms with Crippen LogP contribution < -0.4 is 4.90 Å². The first-order chi connectivity index (χ1) is 18.4. The van der Waals surface area contributed by atoms with Gasteiger partial charge in [0.25, 0.3) is 0 Å². The molecule has 186 valence electrons. The van der Waals surface area contributed by atoms with Gasteiger partial charge in [-0.15, -0.1) is 0 Å². The van der Waals surface area contributed by atoms with E-state index in [-0.39, 0.29) is 17.6 Å². The minimum Gasteiger partial charge on any atom is -0.298 e. The van der Waals surface area contributed by atoms with Crippen molar-refractivity contribution in [2.75, 3.05) is 4.90 Å². The first-order valence-corrected chi connectivity index (χ1v) is 13.2. The van der Waals surface area contributed by atoms with E-state index in [4.69, 9.17) is 0 Å². The summed E-state index contributed by atoms with van der Waals surface area (Å²) < 4.78 is 0. The van der Waals surface area contributed by atoms with E-state index in [0.717, 1.165) is 33.0 Å². The Morgan fingerprint density at radius 1 is 0.658 bits per heavy atom. The maximum atomic E-state index is 14.6. The topological polar surface area (TPSA) is 54.5 Å². The molecular formula is C34H27NO3. The van der Waals surface area contributed by atoms with Gasteiger partial charge in [0.2, 0.25) is 11.8 Å². The van der Waals surface area contributed by atoms with Crippen LogP contribution in [0.1, 0.15) is 31.4 Å². The average molecular weight is 498 g/mol. The zero-order valence-corrected chi connectivity index (χ0v) is 21.3. The molecule has 4 heteroatoms. The van der Waals surface area contributed by atoms with Gasteiger partial charge in [-0.25, -0.2) is 4.90 Å². The molecule has 1 aliphatic heterocycles. The fraction of sp³-hybridized carbons (Fsp3) is 0.206. The van der Waals surface area contributed by atoms with Crippen molar-refractivity contribution in [3.05, 3.63) is 114 Å². The zero-order valence-electron chi connectivity index (χ0n) is 21.3. The number of fused-ring (bicyclic) bond motifs is 6. The lowest BCUT2D eigenvalue weighted by Crippen LogP contribution is -2.41. The van der Waals surface area contributed by atoms with Gasteiger partial charge in [-0.3, -0.25) is 14.4 Å². The number of hydrogen-bond donors (Lipinski definition) is 0. The SMILES string of the molecule is CCC12C(=O)C(C)(C(c3ccccc3)=C1c1ccccc1)C1C(=O)N(c3ccc4ccccc4c3)C(=O)C12. The normalized spacial score (nSPS) is 28.1. The fourth-order valence-corrected chi connectivity index (χ4v) is 7.70. The highest BCUT2D eigenvalue weighted by molar-refractivity contribution is 6.34. The average Bonchev–Trinajstić information content (AvgIpc) is 3.43. The van der Waals surface area contributed by atoms with Crippen LogP contribution in [-0.4, -0.2) is 17.6 Å². The molecule has 4 atom stereocenters. The van der Waals surface area contributed by atoms with Gasteiger partial charge < -0.3 is 0 Å². The van der Waals surface area contributed by atoms with E-state index >= 15 is 0 Å². The van der Waals surface area contributed by atoms with E-state index in [1.165, 1.54) is 4.90 Å². The molecule has 0 radical (unpaired) electrons. The number of allylic oxidation sites excluding steroid dienone is 2. The van der Waals surface area contributed by atoms with Crippen LogP contribution in [0.15, 0.2) is 103 Å². The van der Waals surface area contributed by atoms with Crippen molar-refractivity contribution in [2.45, 2.75) is 20.3 Å². The Morgan fingerprint density at radius 2 is 1.21 bits per heavy atom. The predicted molar refractivity (Wildman–Crippen MR) is 149 cm³/mol. The van der Waals surface area contributed by atoms with Gasteiger partial charge in [0.1, 0.15) is 0 Å². The molecule has 1 heterocycles. The Balaban J connectivity index is 1.48. The Hall–Kier alpha value is -4.31. The van der Waals surface area contributed by atoms with Crippen molar-refractivity contribution in [1.82, 2.24) is 0 Å². The number of carbonyl (C=O) groups is 3. The molecule has 4 aromatic rings. The zero-order chi connectivity index (χ0) is 26.2. The molecule has 2 fully saturated rings. The second-order valence-corrected chi connectivity index (χ2v) is 10.8. The molecular weight excluding hydrogens is 470 g/mol. The van der Waals surface area contributed by atoms with Crippen molar-refractivity contribution in [2.24, 2.45) is 22.7 Å². The summed E-state index contributed by atoms with van der Waals surface area (Å²) in [7, 11) is 0. The minimum atomic E-state index is -1.11. The monoisotopic (exact) mass is 497 g/mol. The van der Waals surface area contributed by atoms with Crippen LogP contribution in [0.2, 0.25) is 0 Å². The van der Waals surface area contributed by atoms with E-state index in [1.807, 2.05) is 117 Å². The molecule has 0 spiro atoms. The van der Waals surface area contributed by atoms with E-state index < -0.39 is 22.7 Å². The van der Waals surface area contributed by atoms with E-state index in [9.17, 15) is 14.4 Å². The quantitative estimate of drug-likeness (QED) is 0.300. The number of anilines is 1. The fourth-order valence-electron chi connectivity index (χ4n) is 7.70. The van der Waals surface area contributed by atoms with Crippen molar-refractivity contribution < 1.29 is 14.4 Å². The van der Waals surface area contributed by atoms with E-state index in [1.54, 1.807) is 0 Å². The predicted octanol–water partition coefficient (Wildman–Crippen LogP) is 6.56. The summed E-state index contributed by atoms with van der Waals surface area (Å²) in [6.07, 6.45) is 0.452. The summed E-state index contributed by atoms with van der Waals surface area (Å²) in [6, 6.07) is 33.4. The molecule has 0 N–H and O–H groups in total. The van der Waals surface area contributed by atoms with Gasteiger partial charge >= 0.3 is 0 Å². The van der Waals surface area contributed by atoms with Crippen molar-refractivity contribution in [3.8, 4) is 0 Å². The number of rotatable bonds is 4. The van der Waals surface area contributed by atoms with Gasteiger partial charge in [-0.05, 0) is 58.5 Å². The first-order valence-electron chi connectivity index (χ1n) is 13.2. The molecule has 2 bridgehead atoms. The third-order valence-corrected chi connectivity index (χ3v) is 9.23. The third-order valence-electron chi connectivity index (χ3n) is 9.23. The lowest BCUT2D eigenvalue weighted by atomic mass is 9.62. The second kappa shape index (κ2) is 7.84. The molecule has 7 rings (SSSR count). The molecule has 2 amide bonds. The Labute approximate surface area is 221 Å². The smallest absolute Gasteiger partial charge is 0.239 e. The maximum Gasteiger partial charge on any atom is 0.239 e. The van der Waals surface area contributed by atoms with Gasteiger partial charge in [0.15, 0.2) is 5.78 Å². The molecule has 0 aromatic heterocycles. The molecule has 1 saturated heterocycles. The maximum absolute atomic E-state index is 14.6. The van der Waals surface area contributed by atoms with Crippen LogP contribution in [0.3, 0.4) is 0 Å². The number of ketones is 1. The lowest BCUT2D eigenvalue weighted by Gasteiger charge is -2.37. The minimum absolute atomic E-state index is 0.0000626. The third kappa shape index (κ3) is 2.62. The summed E-state index contributed by atoms with van der Waals surface area (Å²) in [6.45, 7) is 3.88. The second-order valence-electron chi connectivity index (χ2n) is 10.8. The number of hydrogen-bond acceptors (Lipinski definition) is 3. The van der Waals surface area contributed by atoms with Crippen molar-refractivity contribution in [1.29, 1.82) is 0 Å². The van der Waals surface area contributed by atoms with Gasteiger partial charge in [0.05, 0.1) is 28.4 Å². The molecule has 1 saturated carbocycles. The number of carbonyl (C=O) groups excluding carboxylic acids is 3. The van der Waals surface area contributed by atoms with Crippen LogP contribution in [-0.2, 0) is 14.4 Å².